The molecule has 2 aromatic heterocycles. The van der Waals surface area contributed by atoms with Crippen LogP contribution in [0.25, 0.3) is 11.2 Å². The van der Waals surface area contributed by atoms with E-state index in [1.54, 1.807) is 11.8 Å². The molecule has 1 aliphatic heterocycles. The zero-order chi connectivity index (χ0) is 20.4. The summed E-state index contributed by atoms with van der Waals surface area (Å²) in [5.74, 6) is 2.71. The fraction of sp³-hybridized carbons (Fsp3) is 0.476. The van der Waals surface area contributed by atoms with Crippen molar-refractivity contribution in [2.24, 2.45) is 7.05 Å². The van der Waals surface area contributed by atoms with Crippen LogP contribution in [0.3, 0.4) is 0 Å². The molecule has 0 saturated carbocycles. The van der Waals surface area contributed by atoms with Gasteiger partial charge in [0.05, 0.1) is 13.2 Å². The number of anilines is 2. The lowest BCUT2D eigenvalue weighted by molar-refractivity contribution is 0.122. The molecule has 1 fully saturated rings. The molecular formula is C21H28N6OS. The Labute approximate surface area is 175 Å². The summed E-state index contributed by atoms with van der Waals surface area (Å²) in [6, 6.07) is 6.32. The highest BCUT2D eigenvalue weighted by molar-refractivity contribution is 7.98. The fourth-order valence-electron chi connectivity index (χ4n) is 3.65. The molecule has 0 radical (unpaired) electrons. The Hall–Kier alpha value is -2.32. The van der Waals surface area contributed by atoms with Gasteiger partial charge in [-0.05, 0) is 23.6 Å². The predicted molar refractivity (Wildman–Crippen MR) is 119 cm³/mol. The van der Waals surface area contributed by atoms with Crippen LogP contribution in [0.1, 0.15) is 30.8 Å². The molecule has 29 heavy (non-hydrogen) atoms. The van der Waals surface area contributed by atoms with Crippen LogP contribution in [0, 0.1) is 0 Å². The van der Waals surface area contributed by atoms with E-state index < -0.39 is 0 Å². The van der Waals surface area contributed by atoms with Crippen molar-refractivity contribution in [3.05, 3.63) is 35.2 Å². The van der Waals surface area contributed by atoms with Crippen LogP contribution in [0.5, 0.6) is 0 Å². The van der Waals surface area contributed by atoms with E-state index in [4.69, 9.17) is 25.4 Å². The van der Waals surface area contributed by atoms with E-state index in [9.17, 15) is 0 Å². The summed E-state index contributed by atoms with van der Waals surface area (Å²) >= 11 is 1.64. The second-order valence-electron chi connectivity index (χ2n) is 7.22. The van der Waals surface area contributed by atoms with Gasteiger partial charge in [0.1, 0.15) is 5.82 Å². The molecule has 4 rings (SSSR count). The number of hydrogen-bond donors (Lipinski definition) is 1. The summed E-state index contributed by atoms with van der Waals surface area (Å²) in [7, 11) is 2.03. The van der Waals surface area contributed by atoms with Crippen molar-refractivity contribution in [2.45, 2.75) is 37.6 Å². The van der Waals surface area contributed by atoms with Gasteiger partial charge in [-0.2, -0.15) is 0 Å². The molecule has 3 aromatic rings. The summed E-state index contributed by atoms with van der Waals surface area (Å²) in [5.41, 5.74) is 11.2. The summed E-state index contributed by atoms with van der Waals surface area (Å²) < 4.78 is 7.60. The lowest BCUT2D eigenvalue weighted by atomic mass is 10.1. The van der Waals surface area contributed by atoms with Gasteiger partial charge in [-0.3, -0.25) is 0 Å². The van der Waals surface area contributed by atoms with E-state index in [0.717, 1.165) is 65.3 Å². The maximum atomic E-state index is 6.16. The first-order chi connectivity index (χ1) is 14.1. The average molecular weight is 413 g/mol. The Kier molecular flexibility index (Phi) is 5.91. The number of nitrogens with zero attached hydrogens (tertiary/aromatic N) is 5. The van der Waals surface area contributed by atoms with Crippen LogP contribution in [0.15, 0.2) is 23.4 Å². The SMILES string of the molecule is CCc1ccc(CSc2nc(N3CCOCC3)c3nc(CC)n(C)c3n2)cc1N. The quantitative estimate of drug-likeness (QED) is 0.378. The van der Waals surface area contributed by atoms with Crippen LogP contribution in [-0.4, -0.2) is 45.8 Å². The second kappa shape index (κ2) is 8.59. The number of aromatic nitrogens is 4. The van der Waals surface area contributed by atoms with Crippen molar-refractivity contribution in [1.29, 1.82) is 0 Å². The number of hydrogen-bond acceptors (Lipinski definition) is 7. The minimum absolute atomic E-state index is 0.713. The normalized spacial score (nSPS) is 14.7. The summed E-state index contributed by atoms with van der Waals surface area (Å²) in [6.07, 6.45) is 1.81. The highest BCUT2D eigenvalue weighted by Crippen LogP contribution is 2.30. The molecule has 0 amide bonds. The van der Waals surface area contributed by atoms with Crippen molar-refractivity contribution < 1.29 is 4.74 Å². The average Bonchev–Trinajstić information content (AvgIpc) is 3.08. The summed E-state index contributed by atoms with van der Waals surface area (Å²) in [4.78, 5) is 16.8. The molecule has 1 saturated heterocycles. The molecule has 3 heterocycles. The Morgan fingerprint density at radius 1 is 1.10 bits per heavy atom. The number of rotatable bonds is 6. The lowest BCUT2D eigenvalue weighted by Crippen LogP contribution is -2.37. The number of ether oxygens (including phenoxy) is 1. The molecule has 7 nitrogen and oxygen atoms in total. The van der Waals surface area contributed by atoms with Crippen LogP contribution in [0.2, 0.25) is 0 Å². The van der Waals surface area contributed by atoms with Gasteiger partial charge in [0.25, 0.3) is 0 Å². The van der Waals surface area contributed by atoms with Gasteiger partial charge in [0, 0.05) is 38.0 Å². The summed E-state index contributed by atoms with van der Waals surface area (Å²) in [5, 5.41) is 0.766. The number of nitrogen functional groups attached to an aromatic ring is 1. The maximum absolute atomic E-state index is 6.16. The van der Waals surface area contributed by atoms with E-state index in [1.165, 1.54) is 11.1 Å². The third kappa shape index (κ3) is 4.04. The molecule has 8 heteroatoms. The van der Waals surface area contributed by atoms with Crippen molar-refractivity contribution in [2.75, 3.05) is 36.9 Å². The highest BCUT2D eigenvalue weighted by Gasteiger charge is 2.21. The van der Waals surface area contributed by atoms with Gasteiger partial charge in [-0.25, -0.2) is 15.0 Å². The first-order valence-corrected chi connectivity index (χ1v) is 11.1. The van der Waals surface area contributed by atoms with E-state index in [2.05, 4.69) is 41.5 Å². The number of fused-ring (bicyclic) bond motifs is 1. The minimum Gasteiger partial charge on any atom is -0.398 e. The molecule has 2 N–H and O–H groups in total. The number of nitrogens with two attached hydrogens (primary N) is 1. The van der Waals surface area contributed by atoms with Crippen molar-refractivity contribution in [1.82, 2.24) is 19.5 Å². The Bertz CT molecular complexity index is 1010. The fourth-order valence-corrected chi connectivity index (χ4v) is 4.43. The van der Waals surface area contributed by atoms with Gasteiger partial charge in [0.2, 0.25) is 0 Å². The Morgan fingerprint density at radius 3 is 2.59 bits per heavy atom. The summed E-state index contributed by atoms with van der Waals surface area (Å²) in [6.45, 7) is 7.30. The third-order valence-corrected chi connectivity index (χ3v) is 6.28. The number of imidazole rings is 1. The molecule has 0 unspecified atom stereocenters. The van der Waals surface area contributed by atoms with Crippen LogP contribution < -0.4 is 10.6 Å². The van der Waals surface area contributed by atoms with E-state index in [1.807, 2.05) is 7.05 Å². The van der Waals surface area contributed by atoms with Gasteiger partial charge in [-0.15, -0.1) is 0 Å². The lowest BCUT2D eigenvalue weighted by Gasteiger charge is -2.28. The molecule has 0 spiro atoms. The first kappa shape index (κ1) is 20.0. The third-order valence-electron chi connectivity index (χ3n) is 5.36. The van der Waals surface area contributed by atoms with Gasteiger partial charge in [-0.1, -0.05) is 37.7 Å². The molecule has 0 aliphatic carbocycles. The molecule has 154 valence electrons. The number of benzene rings is 1. The predicted octanol–water partition coefficient (Wildman–Crippen LogP) is 3.20. The number of thioether (sulfide) groups is 1. The first-order valence-electron chi connectivity index (χ1n) is 10.2. The monoisotopic (exact) mass is 412 g/mol. The van der Waals surface area contributed by atoms with E-state index in [0.29, 0.717) is 13.2 Å². The van der Waals surface area contributed by atoms with Crippen molar-refractivity contribution in [3.63, 3.8) is 0 Å². The highest BCUT2D eigenvalue weighted by atomic mass is 32.2. The van der Waals surface area contributed by atoms with Crippen LogP contribution in [-0.2, 0) is 30.4 Å². The van der Waals surface area contributed by atoms with Crippen LogP contribution >= 0.6 is 11.8 Å². The Balaban J connectivity index is 1.66. The Morgan fingerprint density at radius 2 is 1.90 bits per heavy atom. The van der Waals surface area contributed by atoms with Gasteiger partial charge in [0.15, 0.2) is 22.1 Å². The molecule has 0 bridgehead atoms. The maximum Gasteiger partial charge on any atom is 0.191 e. The molecule has 0 atom stereocenters. The smallest absolute Gasteiger partial charge is 0.191 e. The second-order valence-corrected chi connectivity index (χ2v) is 8.16. The minimum atomic E-state index is 0.713. The van der Waals surface area contributed by atoms with Gasteiger partial charge >= 0.3 is 0 Å². The molecular weight excluding hydrogens is 384 g/mol. The zero-order valence-electron chi connectivity index (χ0n) is 17.3. The van der Waals surface area contributed by atoms with Gasteiger partial charge < -0.3 is 19.9 Å². The topological polar surface area (TPSA) is 82.1 Å². The largest absolute Gasteiger partial charge is 0.398 e. The molecule has 1 aromatic carbocycles. The standard InChI is InChI=1S/C21H28N6OS/c1-4-15-7-6-14(12-16(15)22)13-29-21-24-19-18(23-17(5-2)26(19)3)20(25-21)27-8-10-28-11-9-27/h6-7,12H,4-5,8-11,13,22H2,1-3H3. The van der Waals surface area contributed by atoms with Crippen LogP contribution in [0.4, 0.5) is 11.5 Å². The van der Waals surface area contributed by atoms with E-state index >= 15 is 0 Å². The van der Waals surface area contributed by atoms with Crippen molar-refractivity contribution in [3.8, 4) is 0 Å². The zero-order valence-corrected chi connectivity index (χ0v) is 18.1. The number of aryl methyl sites for hydroxylation is 3. The van der Waals surface area contributed by atoms with Crippen molar-refractivity contribution >= 4 is 34.4 Å². The van der Waals surface area contributed by atoms with E-state index in [-0.39, 0.29) is 0 Å². The molecule has 1 aliphatic rings. The number of morpholine rings is 1.